The lowest BCUT2D eigenvalue weighted by atomic mass is 10.3. The van der Waals surface area contributed by atoms with Gasteiger partial charge in [0.15, 0.2) is 5.75 Å². The van der Waals surface area contributed by atoms with Crippen LogP contribution in [-0.4, -0.2) is 16.2 Å². The van der Waals surface area contributed by atoms with Gasteiger partial charge in [-0.3, -0.25) is 0 Å². The molecule has 0 heterocycles. The minimum atomic E-state index is -0.719. The summed E-state index contributed by atoms with van der Waals surface area (Å²) in [6.45, 7) is 4.20. The van der Waals surface area contributed by atoms with E-state index in [0.29, 0.717) is 0 Å². The van der Waals surface area contributed by atoms with E-state index in [1.807, 2.05) is 18.2 Å². The summed E-state index contributed by atoms with van der Waals surface area (Å²) in [6.07, 6.45) is 0. The summed E-state index contributed by atoms with van der Waals surface area (Å²) in [6, 6.07) is 5.93. The van der Waals surface area contributed by atoms with E-state index in [4.69, 9.17) is 9.16 Å². The number of benzene rings is 1. The molecule has 0 aromatic heterocycles. The van der Waals surface area contributed by atoms with Crippen LogP contribution in [0.2, 0.25) is 13.1 Å². The van der Waals surface area contributed by atoms with Crippen molar-refractivity contribution in [2.24, 2.45) is 0 Å². The molecule has 0 amide bonds. The quantitative estimate of drug-likeness (QED) is 0.631. The van der Waals surface area contributed by atoms with Crippen LogP contribution in [-0.2, 0) is 0 Å². The lowest BCUT2D eigenvalue weighted by molar-refractivity contribution is 0.394. The number of hydrogen-bond acceptors (Lipinski definition) is 2. The number of halogens is 1. The topological polar surface area (TPSA) is 18.5 Å². The van der Waals surface area contributed by atoms with Gasteiger partial charge in [-0.25, -0.2) is 0 Å². The molecule has 1 aromatic carbocycles. The van der Waals surface area contributed by atoms with Crippen LogP contribution in [0.3, 0.4) is 0 Å². The monoisotopic (exact) mass is 307 g/mol. The molecule has 1 aromatic rings. The molecule has 1 rings (SSSR count). The molecule has 0 saturated carbocycles. The Morgan fingerprint density at radius 3 is 2.46 bits per heavy atom. The molecule has 0 atom stereocenters. The summed E-state index contributed by atoms with van der Waals surface area (Å²) in [5.74, 6) is 1.67. The maximum Gasteiger partial charge on any atom is 0.274 e. The maximum atomic E-state index is 5.69. The summed E-state index contributed by atoms with van der Waals surface area (Å²) in [5.41, 5.74) is 0. The van der Waals surface area contributed by atoms with Crippen molar-refractivity contribution in [1.82, 2.24) is 0 Å². The number of ether oxygens (including phenoxy) is 1. The second kappa shape index (κ2) is 4.85. The van der Waals surface area contributed by atoms with Crippen molar-refractivity contribution in [2.75, 3.05) is 7.11 Å². The zero-order valence-electron chi connectivity index (χ0n) is 7.93. The first kappa shape index (κ1) is 10.8. The molecule has 0 spiro atoms. The van der Waals surface area contributed by atoms with E-state index in [0.717, 1.165) is 15.1 Å². The fraction of sp³-hybridized carbons (Fsp3) is 0.333. The minimum Gasteiger partial charge on any atom is -0.540 e. The third-order valence-corrected chi connectivity index (χ3v) is 2.74. The Balaban J connectivity index is 2.94. The molecular weight excluding hydrogens is 295 g/mol. The smallest absolute Gasteiger partial charge is 0.274 e. The number of rotatable bonds is 3. The highest BCUT2D eigenvalue weighted by molar-refractivity contribution is 14.1. The van der Waals surface area contributed by atoms with Gasteiger partial charge in [-0.05, 0) is 53.9 Å². The Kier molecular flexibility index (Phi) is 4.05. The van der Waals surface area contributed by atoms with Gasteiger partial charge in [-0.15, -0.1) is 0 Å². The molecule has 71 valence electrons. The van der Waals surface area contributed by atoms with E-state index in [2.05, 4.69) is 35.7 Å². The van der Waals surface area contributed by atoms with E-state index in [-0.39, 0.29) is 0 Å². The lowest BCUT2D eigenvalue weighted by Gasteiger charge is -2.12. The fourth-order valence-electron chi connectivity index (χ4n) is 0.950. The third kappa shape index (κ3) is 3.19. The van der Waals surface area contributed by atoms with Gasteiger partial charge in [-0.1, -0.05) is 0 Å². The van der Waals surface area contributed by atoms with E-state index < -0.39 is 9.04 Å². The molecule has 2 nitrogen and oxygen atoms in total. The molecule has 0 aliphatic carbocycles. The van der Waals surface area contributed by atoms with E-state index in [9.17, 15) is 0 Å². The molecule has 1 radical (unpaired) electrons. The van der Waals surface area contributed by atoms with Gasteiger partial charge in [0.1, 0.15) is 5.75 Å². The zero-order valence-corrected chi connectivity index (χ0v) is 11.1. The van der Waals surface area contributed by atoms with Gasteiger partial charge < -0.3 is 9.16 Å². The molecule has 4 heteroatoms. The summed E-state index contributed by atoms with van der Waals surface area (Å²) in [5, 5.41) is 0. The van der Waals surface area contributed by atoms with E-state index >= 15 is 0 Å². The van der Waals surface area contributed by atoms with Crippen molar-refractivity contribution in [3.05, 3.63) is 21.8 Å². The van der Waals surface area contributed by atoms with Crippen LogP contribution < -0.4 is 9.16 Å². The van der Waals surface area contributed by atoms with Crippen LogP contribution in [0.4, 0.5) is 0 Å². The van der Waals surface area contributed by atoms with Crippen LogP contribution in [0.1, 0.15) is 0 Å². The third-order valence-electron chi connectivity index (χ3n) is 1.44. The first-order chi connectivity index (χ1) is 6.13. The molecule has 0 saturated heterocycles. The molecule has 13 heavy (non-hydrogen) atoms. The van der Waals surface area contributed by atoms with Crippen LogP contribution in [0.15, 0.2) is 18.2 Å². The average Bonchev–Trinajstić information content (AvgIpc) is 2.03. The number of methoxy groups -OCH3 is 1. The van der Waals surface area contributed by atoms with Gasteiger partial charge in [0, 0.05) is 3.57 Å². The van der Waals surface area contributed by atoms with Crippen molar-refractivity contribution >= 4 is 31.6 Å². The Bertz CT molecular complexity index is 289. The van der Waals surface area contributed by atoms with Crippen molar-refractivity contribution < 1.29 is 9.16 Å². The highest BCUT2D eigenvalue weighted by Gasteiger charge is 2.07. The lowest BCUT2D eigenvalue weighted by Crippen LogP contribution is -2.11. The highest BCUT2D eigenvalue weighted by atomic mass is 127. The normalized spacial score (nSPS) is 10.2. The SMILES string of the molecule is COc1ccc(I)cc1O[Si](C)C. The van der Waals surface area contributed by atoms with Crippen molar-refractivity contribution in [3.63, 3.8) is 0 Å². The first-order valence-corrected chi connectivity index (χ1v) is 7.43. The predicted molar refractivity (Wildman–Crippen MR) is 63.8 cm³/mol. The summed E-state index contributed by atoms with van der Waals surface area (Å²) in [4.78, 5) is 0. The zero-order chi connectivity index (χ0) is 9.84. The summed E-state index contributed by atoms with van der Waals surface area (Å²) in [7, 11) is 0.941. The van der Waals surface area contributed by atoms with E-state index in [1.54, 1.807) is 7.11 Å². The highest BCUT2D eigenvalue weighted by Crippen LogP contribution is 2.28. The van der Waals surface area contributed by atoms with E-state index in [1.165, 1.54) is 0 Å². The van der Waals surface area contributed by atoms with Crippen LogP contribution >= 0.6 is 22.6 Å². The minimum absolute atomic E-state index is 0.719. The maximum absolute atomic E-state index is 5.69. The summed E-state index contributed by atoms with van der Waals surface area (Å²) < 4.78 is 12.0. The van der Waals surface area contributed by atoms with Crippen molar-refractivity contribution in [1.29, 1.82) is 0 Å². The van der Waals surface area contributed by atoms with Crippen LogP contribution in [0.5, 0.6) is 11.5 Å². The molecule has 0 bridgehead atoms. The van der Waals surface area contributed by atoms with Crippen molar-refractivity contribution in [2.45, 2.75) is 13.1 Å². The molecule has 0 unspecified atom stereocenters. The fourth-order valence-corrected chi connectivity index (χ4v) is 2.01. The van der Waals surface area contributed by atoms with Gasteiger partial charge >= 0.3 is 0 Å². The Hall–Kier alpha value is -0.233. The Morgan fingerprint density at radius 2 is 1.92 bits per heavy atom. The van der Waals surface area contributed by atoms with Gasteiger partial charge in [0.05, 0.1) is 7.11 Å². The largest absolute Gasteiger partial charge is 0.540 e. The summed E-state index contributed by atoms with van der Waals surface area (Å²) >= 11 is 2.26. The molecule has 0 N–H and O–H groups in total. The Labute approximate surface area is 94.1 Å². The Morgan fingerprint density at radius 1 is 1.23 bits per heavy atom. The standard InChI is InChI=1S/C9H12IO2Si/c1-11-8-5-4-7(10)6-9(8)12-13(2)3/h4-6H,1-3H3. The van der Waals surface area contributed by atoms with Crippen LogP contribution in [0.25, 0.3) is 0 Å². The molecule has 0 fully saturated rings. The van der Waals surface area contributed by atoms with Gasteiger partial charge in [0.25, 0.3) is 9.04 Å². The molecule has 0 aliphatic heterocycles. The van der Waals surface area contributed by atoms with Gasteiger partial charge in [-0.2, -0.15) is 0 Å². The number of hydrogen-bond donors (Lipinski definition) is 0. The van der Waals surface area contributed by atoms with Crippen molar-refractivity contribution in [3.8, 4) is 11.5 Å². The van der Waals surface area contributed by atoms with Crippen LogP contribution in [0, 0.1) is 3.57 Å². The predicted octanol–water partition coefficient (Wildman–Crippen LogP) is 2.93. The second-order valence-corrected chi connectivity index (χ2v) is 6.07. The molecular formula is C9H12IO2Si. The molecule has 0 aliphatic rings. The average molecular weight is 307 g/mol. The second-order valence-electron chi connectivity index (χ2n) is 2.81. The van der Waals surface area contributed by atoms with Gasteiger partial charge in [0.2, 0.25) is 0 Å². The first-order valence-electron chi connectivity index (χ1n) is 3.95.